The van der Waals surface area contributed by atoms with Crippen LogP contribution in [0.1, 0.15) is 60.8 Å². The number of carbonyl (C=O) groups excluding carboxylic acids is 1. The Hall–Kier alpha value is -4.15. The van der Waals surface area contributed by atoms with Crippen LogP contribution in [0.15, 0.2) is 66.3 Å². The number of hydrogen-bond acceptors (Lipinski definition) is 7. The van der Waals surface area contributed by atoms with E-state index in [0.29, 0.717) is 11.0 Å². The second-order valence-electron chi connectivity index (χ2n) is 11.0. The third-order valence-corrected chi connectivity index (χ3v) is 7.83. The van der Waals surface area contributed by atoms with Gasteiger partial charge in [-0.25, -0.2) is 14.6 Å². The molecule has 0 bridgehead atoms. The number of anilines is 1. The number of ether oxygens (including phenoxy) is 1. The number of nitrogens with one attached hydrogen (secondary N) is 1. The fraction of sp³-hybridized carbons (Fsp3) is 0.300. The number of aromatic nitrogens is 1. The highest BCUT2D eigenvalue weighted by Crippen LogP contribution is 2.44. The molecular weight excluding hydrogens is 509 g/mol. The van der Waals surface area contributed by atoms with Crippen LogP contribution in [0.3, 0.4) is 0 Å². The molecule has 2 heterocycles. The van der Waals surface area contributed by atoms with Crippen LogP contribution in [0.5, 0.6) is 0 Å². The fourth-order valence-electron chi connectivity index (χ4n) is 4.99. The molecule has 2 aromatic carbocycles. The van der Waals surface area contributed by atoms with Gasteiger partial charge in [-0.2, -0.15) is 0 Å². The maximum Gasteiger partial charge on any atom is 0.492 e. The molecule has 1 amide bonds. The Morgan fingerprint density at radius 3 is 2.17 bits per heavy atom. The van der Waals surface area contributed by atoms with Crippen LogP contribution in [0.4, 0.5) is 10.5 Å². The molecule has 40 heavy (non-hydrogen) atoms. The Morgan fingerprint density at radius 2 is 1.62 bits per heavy atom. The van der Waals surface area contributed by atoms with Gasteiger partial charge < -0.3 is 30.2 Å². The number of nitrogens with two attached hydrogens (primary N) is 1. The van der Waals surface area contributed by atoms with Crippen LogP contribution in [0.25, 0.3) is 17.2 Å². The molecule has 206 valence electrons. The number of carboxylic acid groups (broad SMARTS) is 1. The number of fused-ring (bicyclic) bond motifs is 3. The van der Waals surface area contributed by atoms with Crippen LogP contribution >= 0.6 is 0 Å². The predicted molar refractivity (Wildman–Crippen MR) is 153 cm³/mol. The van der Waals surface area contributed by atoms with Crippen LogP contribution in [-0.4, -0.2) is 53.6 Å². The van der Waals surface area contributed by atoms with E-state index >= 15 is 0 Å². The van der Waals surface area contributed by atoms with E-state index < -0.39 is 30.4 Å². The molecule has 1 saturated heterocycles. The summed E-state index contributed by atoms with van der Waals surface area (Å²) in [6.07, 6.45) is 2.54. The molecule has 1 aromatic heterocycles. The maximum atomic E-state index is 12.9. The number of hydrogen-bond donors (Lipinski definition) is 3. The lowest BCUT2D eigenvalue weighted by Gasteiger charge is -2.32. The number of rotatable bonds is 7. The molecule has 1 aliphatic carbocycles. The molecular formula is C30H32BN3O6. The molecule has 0 radical (unpaired) electrons. The van der Waals surface area contributed by atoms with Crippen molar-refractivity contribution in [2.24, 2.45) is 0 Å². The first-order chi connectivity index (χ1) is 19.0. The zero-order valence-corrected chi connectivity index (χ0v) is 22.9. The van der Waals surface area contributed by atoms with Crippen molar-refractivity contribution in [3.8, 4) is 11.1 Å². The molecule has 3 aromatic rings. The van der Waals surface area contributed by atoms with E-state index in [1.54, 1.807) is 6.08 Å². The lowest BCUT2D eigenvalue weighted by atomic mass is 9.77. The summed E-state index contributed by atoms with van der Waals surface area (Å²) >= 11 is 0. The van der Waals surface area contributed by atoms with Crippen LogP contribution in [-0.2, 0) is 14.0 Å². The number of amides is 1. The standard InChI is InChI=1S/C30H32BN3O6/c1-29(2)30(3,4)40-31(39-29)19(13-18-14-25(32)26(27(35)36)33-15-18)16-34-28(37)38-17-24-22-11-7-5-9-20(22)21-10-6-8-12-23(21)24/h5-15,24H,16-17,32H2,1-4H3,(H,34,37)(H,35,36). The minimum atomic E-state index is -1.21. The van der Waals surface area contributed by atoms with Crippen molar-refractivity contribution in [3.05, 3.63) is 88.7 Å². The molecule has 2 aliphatic rings. The SMILES string of the molecule is CC1(C)OB(C(=Cc2cnc(C(=O)O)c(N)c2)CNC(=O)OCC2c3ccccc3-c3ccccc32)OC1(C)C. The Labute approximate surface area is 233 Å². The van der Waals surface area contributed by atoms with Crippen molar-refractivity contribution in [3.63, 3.8) is 0 Å². The first kappa shape index (κ1) is 27.4. The molecule has 1 aliphatic heterocycles. The van der Waals surface area contributed by atoms with E-state index in [2.05, 4.69) is 34.6 Å². The number of carboxylic acids is 1. The van der Waals surface area contributed by atoms with Gasteiger partial charge in [0.25, 0.3) is 0 Å². The normalized spacial score (nSPS) is 17.3. The highest BCUT2D eigenvalue weighted by Gasteiger charge is 2.52. The molecule has 9 nitrogen and oxygen atoms in total. The van der Waals surface area contributed by atoms with Crippen LogP contribution < -0.4 is 11.1 Å². The summed E-state index contributed by atoms with van der Waals surface area (Å²) in [6, 6.07) is 17.8. The van der Waals surface area contributed by atoms with Crippen molar-refractivity contribution in [2.45, 2.75) is 44.8 Å². The third-order valence-electron chi connectivity index (χ3n) is 7.83. The molecule has 0 unspecified atom stereocenters. The Morgan fingerprint density at radius 1 is 1.05 bits per heavy atom. The lowest BCUT2D eigenvalue weighted by molar-refractivity contribution is 0.00578. The van der Waals surface area contributed by atoms with Gasteiger partial charge in [-0.05, 0) is 67.1 Å². The molecule has 0 atom stereocenters. The Bertz CT molecular complexity index is 1440. The van der Waals surface area contributed by atoms with E-state index in [1.807, 2.05) is 52.0 Å². The Balaban J connectivity index is 1.32. The number of pyridine rings is 1. The van der Waals surface area contributed by atoms with Crippen molar-refractivity contribution in [1.29, 1.82) is 0 Å². The molecule has 4 N–H and O–H groups in total. The van der Waals surface area contributed by atoms with Gasteiger partial charge in [0.15, 0.2) is 5.69 Å². The number of carbonyl (C=O) groups is 2. The number of aromatic carboxylic acids is 1. The summed E-state index contributed by atoms with van der Waals surface area (Å²) in [6.45, 7) is 7.99. The molecule has 1 fully saturated rings. The molecule has 0 saturated carbocycles. The quantitative estimate of drug-likeness (QED) is 0.359. The van der Waals surface area contributed by atoms with Crippen molar-refractivity contribution in [2.75, 3.05) is 18.9 Å². The van der Waals surface area contributed by atoms with Crippen molar-refractivity contribution in [1.82, 2.24) is 10.3 Å². The molecule has 5 rings (SSSR count). The first-order valence-corrected chi connectivity index (χ1v) is 13.1. The van der Waals surface area contributed by atoms with Crippen molar-refractivity contribution < 1.29 is 28.7 Å². The fourth-order valence-corrected chi connectivity index (χ4v) is 4.99. The second kappa shape index (κ2) is 10.4. The van der Waals surface area contributed by atoms with Gasteiger partial charge in [0.2, 0.25) is 0 Å². The maximum absolute atomic E-state index is 12.9. The number of nitrogen functional groups attached to an aromatic ring is 1. The van der Waals surface area contributed by atoms with Crippen molar-refractivity contribution >= 4 is 30.9 Å². The van der Waals surface area contributed by atoms with Gasteiger partial charge in [0, 0.05) is 18.7 Å². The number of nitrogens with zero attached hydrogens (tertiary/aromatic N) is 1. The van der Waals surface area contributed by atoms with E-state index in [4.69, 9.17) is 19.8 Å². The minimum absolute atomic E-state index is 0.0269. The van der Waals surface area contributed by atoms with E-state index in [0.717, 1.165) is 22.3 Å². The summed E-state index contributed by atoms with van der Waals surface area (Å²) < 4.78 is 18.1. The van der Waals surface area contributed by atoms with E-state index in [9.17, 15) is 14.7 Å². The summed E-state index contributed by atoms with van der Waals surface area (Å²) in [5.41, 5.74) is 10.2. The average molecular weight is 541 g/mol. The monoisotopic (exact) mass is 541 g/mol. The third kappa shape index (κ3) is 5.20. The summed E-state index contributed by atoms with van der Waals surface area (Å²) in [5.74, 6) is -1.27. The number of alkyl carbamates (subject to hydrolysis) is 1. The smallest absolute Gasteiger partial charge is 0.476 e. The number of benzene rings is 2. The Kier molecular flexibility index (Phi) is 7.16. The summed E-state index contributed by atoms with van der Waals surface area (Å²) in [7, 11) is -0.765. The van der Waals surface area contributed by atoms with Gasteiger partial charge in [-0.3, -0.25) is 0 Å². The highest BCUT2D eigenvalue weighted by atomic mass is 16.7. The van der Waals surface area contributed by atoms with Crippen LogP contribution in [0.2, 0.25) is 0 Å². The van der Waals surface area contributed by atoms with Gasteiger partial charge in [0.1, 0.15) is 6.61 Å². The average Bonchev–Trinajstić information content (AvgIpc) is 3.34. The lowest BCUT2D eigenvalue weighted by Crippen LogP contribution is -2.41. The zero-order valence-electron chi connectivity index (χ0n) is 22.9. The minimum Gasteiger partial charge on any atom is -0.476 e. The van der Waals surface area contributed by atoms with Gasteiger partial charge >= 0.3 is 19.2 Å². The second-order valence-corrected chi connectivity index (χ2v) is 11.0. The summed E-state index contributed by atoms with van der Waals surface area (Å²) in [5, 5.41) is 12.1. The van der Waals surface area contributed by atoms with Gasteiger partial charge in [-0.15, -0.1) is 0 Å². The van der Waals surface area contributed by atoms with Gasteiger partial charge in [0.05, 0.1) is 16.9 Å². The molecule has 0 spiro atoms. The van der Waals surface area contributed by atoms with E-state index in [-0.39, 0.29) is 30.5 Å². The molecule has 10 heteroatoms. The topological polar surface area (TPSA) is 133 Å². The van der Waals surface area contributed by atoms with Gasteiger partial charge in [-0.1, -0.05) is 54.6 Å². The first-order valence-electron chi connectivity index (χ1n) is 13.1. The predicted octanol–water partition coefficient (Wildman–Crippen LogP) is 4.92. The van der Waals surface area contributed by atoms with Crippen LogP contribution in [0, 0.1) is 0 Å². The zero-order chi connectivity index (χ0) is 28.7. The van der Waals surface area contributed by atoms with E-state index in [1.165, 1.54) is 12.3 Å². The largest absolute Gasteiger partial charge is 0.492 e. The highest BCUT2D eigenvalue weighted by molar-refractivity contribution is 6.56. The summed E-state index contributed by atoms with van der Waals surface area (Å²) in [4.78, 5) is 28.2.